The predicted molar refractivity (Wildman–Crippen MR) is 103 cm³/mol. The minimum absolute atomic E-state index is 0.227. The zero-order chi connectivity index (χ0) is 18.1. The molecule has 1 amide bonds. The maximum atomic E-state index is 13.0. The topological polar surface area (TPSA) is 59.2 Å². The molecule has 1 aromatic carbocycles. The van der Waals surface area contributed by atoms with Gasteiger partial charge >= 0.3 is 0 Å². The lowest BCUT2D eigenvalue weighted by Gasteiger charge is -2.18. The van der Waals surface area contributed by atoms with Crippen LogP contribution >= 0.6 is 11.3 Å². The summed E-state index contributed by atoms with van der Waals surface area (Å²) in [7, 11) is 0. The van der Waals surface area contributed by atoms with Gasteiger partial charge in [0, 0.05) is 6.20 Å². The monoisotopic (exact) mass is 363 g/mol. The van der Waals surface area contributed by atoms with Crippen molar-refractivity contribution in [2.75, 3.05) is 4.90 Å². The molecule has 3 aromatic heterocycles. The molecular weight excluding hydrogens is 346 g/mol. The van der Waals surface area contributed by atoms with Gasteiger partial charge < -0.3 is 4.42 Å². The second-order valence-electron chi connectivity index (χ2n) is 6.06. The number of hydrogen-bond donors (Lipinski definition) is 0. The van der Waals surface area contributed by atoms with Crippen molar-refractivity contribution < 1.29 is 9.21 Å². The van der Waals surface area contributed by atoms with Gasteiger partial charge in [-0.3, -0.25) is 14.7 Å². The lowest BCUT2D eigenvalue weighted by atomic mass is 10.1. The Labute approximate surface area is 154 Å². The smallest absolute Gasteiger partial charge is 0.296 e. The van der Waals surface area contributed by atoms with E-state index >= 15 is 0 Å². The second kappa shape index (κ2) is 6.72. The summed E-state index contributed by atoms with van der Waals surface area (Å²) >= 11 is 1.52. The van der Waals surface area contributed by atoms with Crippen LogP contribution in [0.1, 0.15) is 27.4 Å². The minimum Gasteiger partial charge on any atom is -0.459 e. The molecule has 0 fully saturated rings. The highest BCUT2D eigenvalue weighted by atomic mass is 32.1. The van der Waals surface area contributed by atoms with Crippen LogP contribution < -0.4 is 4.90 Å². The van der Waals surface area contributed by atoms with Gasteiger partial charge in [-0.15, -0.1) is 0 Å². The number of benzene rings is 1. The number of furan rings is 1. The van der Waals surface area contributed by atoms with Crippen molar-refractivity contribution in [2.24, 2.45) is 0 Å². The molecule has 0 aliphatic heterocycles. The number of fused-ring (bicyclic) bond motifs is 1. The van der Waals surface area contributed by atoms with Crippen LogP contribution in [0.4, 0.5) is 5.13 Å². The Hall–Kier alpha value is -2.99. The molecule has 3 heterocycles. The molecule has 5 nitrogen and oxygen atoms in total. The van der Waals surface area contributed by atoms with Crippen molar-refractivity contribution in [3.05, 3.63) is 77.5 Å². The first kappa shape index (κ1) is 16.5. The number of hydrogen-bond acceptors (Lipinski definition) is 5. The molecule has 0 spiro atoms. The molecule has 4 aromatic rings. The van der Waals surface area contributed by atoms with E-state index in [1.165, 1.54) is 17.6 Å². The van der Waals surface area contributed by atoms with Crippen LogP contribution in [0.5, 0.6) is 0 Å². The Kier molecular flexibility index (Phi) is 4.26. The number of aromatic nitrogens is 2. The third-order valence-corrected chi connectivity index (χ3v) is 5.40. The van der Waals surface area contributed by atoms with Gasteiger partial charge in [0.05, 0.1) is 28.7 Å². The van der Waals surface area contributed by atoms with E-state index in [-0.39, 0.29) is 11.7 Å². The van der Waals surface area contributed by atoms with Gasteiger partial charge in [0.25, 0.3) is 5.91 Å². The molecule has 26 heavy (non-hydrogen) atoms. The highest BCUT2D eigenvalue weighted by Gasteiger charge is 2.24. The van der Waals surface area contributed by atoms with Gasteiger partial charge in [0.2, 0.25) is 0 Å². The summed E-state index contributed by atoms with van der Waals surface area (Å²) in [4.78, 5) is 23.8. The van der Waals surface area contributed by atoms with Crippen LogP contribution in [-0.2, 0) is 6.54 Å². The summed E-state index contributed by atoms with van der Waals surface area (Å²) in [5.74, 6) is 0.0589. The summed E-state index contributed by atoms with van der Waals surface area (Å²) in [6, 6.07) is 13.2. The SMILES string of the molecule is Cc1ccc(C)c2sc(N(Cc3ccccn3)C(=O)c3ccco3)nc12. The average Bonchev–Trinajstić information content (AvgIpc) is 3.33. The maximum absolute atomic E-state index is 13.0. The zero-order valence-electron chi connectivity index (χ0n) is 14.5. The van der Waals surface area contributed by atoms with E-state index < -0.39 is 0 Å². The van der Waals surface area contributed by atoms with E-state index in [4.69, 9.17) is 9.40 Å². The molecule has 6 heteroatoms. The van der Waals surface area contributed by atoms with Crippen LogP contribution in [-0.4, -0.2) is 15.9 Å². The van der Waals surface area contributed by atoms with Gasteiger partial charge in [-0.25, -0.2) is 4.98 Å². The number of aryl methyl sites for hydroxylation is 2. The number of nitrogens with zero attached hydrogens (tertiary/aromatic N) is 3. The van der Waals surface area contributed by atoms with Crippen molar-refractivity contribution in [1.29, 1.82) is 0 Å². The van der Waals surface area contributed by atoms with E-state index in [0.717, 1.165) is 27.0 Å². The van der Waals surface area contributed by atoms with Crippen molar-refractivity contribution in [3.63, 3.8) is 0 Å². The number of amides is 1. The molecule has 4 rings (SSSR count). The van der Waals surface area contributed by atoms with Crippen molar-refractivity contribution in [1.82, 2.24) is 9.97 Å². The molecule has 0 radical (unpaired) electrons. The summed E-state index contributed by atoms with van der Waals surface area (Å²) < 4.78 is 6.42. The van der Waals surface area contributed by atoms with Crippen LogP contribution in [0.3, 0.4) is 0 Å². The number of rotatable bonds is 4. The first-order valence-corrected chi connectivity index (χ1v) is 9.07. The Morgan fingerprint density at radius 3 is 2.65 bits per heavy atom. The number of carbonyl (C=O) groups excluding carboxylic acids is 1. The summed E-state index contributed by atoms with van der Waals surface area (Å²) in [6.45, 7) is 4.42. The third-order valence-electron chi connectivity index (χ3n) is 4.19. The quantitative estimate of drug-likeness (QED) is 0.525. The molecule has 0 N–H and O–H groups in total. The Morgan fingerprint density at radius 2 is 1.96 bits per heavy atom. The van der Waals surface area contributed by atoms with Crippen LogP contribution in [0.15, 0.2) is 59.3 Å². The van der Waals surface area contributed by atoms with Gasteiger partial charge in [0.1, 0.15) is 0 Å². The summed E-state index contributed by atoms with van der Waals surface area (Å²) in [6.07, 6.45) is 3.22. The van der Waals surface area contributed by atoms with Gasteiger partial charge in [0.15, 0.2) is 10.9 Å². The molecule has 0 aliphatic rings. The highest BCUT2D eigenvalue weighted by Crippen LogP contribution is 2.34. The normalized spacial score (nSPS) is 11.0. The molecule has 0 aliphatic carbocycles. The van der Waals surface area contributed by atoms with E-state index in [0.29, 0.717) is 11.7 Å². The predicted octanol–water partition coefficient (Wildman–Crippen LogP) is 4.75. The highest BCUT2D eigenvalue weighted by molar-refractivity contribution is 7.22. The molecule has 0 bridgehead atoms. The largest absolute Gasteiger partial charge is 0.459 e. The number of thiazole rings is 1. The molecule has 0 saturated carbocycles. The van der Waals surface area contributed by atoms with Crippen molar-refractivity contribution >= 4 is 32.6 Å². The molecule has 0 saturated heterocycles. The summed E-state index contributed by atoms with van der Waals surface area (Å²) in [5.41, 5.74) is 3.97. The standard InChI is InChI=1S/C20H17N3O2S/c1-13-8-9-14(2)18-17(13)22-20(26-18)23(12-15-6-3-4-10-21-15)19(24)16-7-5-11-25-16/h3-11H,12H2,1-2H3. The molecule has 0 unspecified atom stereocenters. The van der Waals surface area contributed by atoms with E-state index in [2.05, 4.69) is 24.0 Å². The Morgan fingerprint density at radius 1 is 1.12 bits per heavy atom. The first-order chi connectivity index (χ1) is 12.6. The van der Waals surface area contributed by atoms with E-state index in [1.807, 2.05) is 25.1 Å². The van der Waals surface area contributed by atoms with Crippen LogP contribution in [0.25, 0.3) is 10.2 Å². The number of pyridine rings is 1. The zero-order valence-corrected chi connectivity index (χ0v) is 15.3. The van der Waals surface area contributed by atoms with E-state index in [1.54, 1.807) is 23.2 Å². The Bertz CT molecular complexity index is 1020. The van der Waals surface area contributed by atoms with Gasteiger partial charge in [-0.05, 0) is 49.2 Å². The molecule has 130 valence electrons. The number of carbonyl (C=O) groups is 1. The summed E-state index contributed by atoms with van der Waals surface area (Å²) in [5, 5.41) is 0.643. The molecule has 0 atom stereocenters. The van der Waals surface area contributed by atoms with Crippen molar-refractivity contribution in [2.45, 2.75) is 20.4 Å². The van der Waals surface area contributed by atoms with Crippen LogP contribution in [0, 0.1) is 13.8 Å². The Balaban J connectivity index is 1.81. The van der Waals surface area contributed by atoms with E-state index in [9.17, 15) is 4.79 Å². The molecular formula is C20H17N3O2S. The fraction of sp³-hybridized carbons (Fsp3) is 0.150. The van der Waals surface area contributed by atoms with Gasteiger partial charge in [-0.2, -0.15) is 0 Å². The average molecular weight is 363 g/mol. The lowest BCUT2D eigenvalue weighted by molar-refractivity contribution is 0.0958. The maximum Gasteiger partial charge on any atom is 0.296 e. The second-order valence-corrected chi connectivity index (χ2v) is 7.04. The first-order valence-electron chi connectivity index (χ1n) is 8.25. The lowest BCUT2D eigenvalue weighted by Crippen LogP contribution is -2.30. The fourth-order valence-electron chi connectivity index (χ4n) is 2.78. The number of anilines is 1. The van der Waals surface area contributed by atoms with Gasteiger partial charge in [-0.1, -0.05) is 29.5 Å². The van der Waals surface area contributed by atoms with Crippen LogP contribution in [0.2, 0.25) is 0 Å². The minimum atomic E-state index is -0.227. The third kappa shape index (κ3) is 2.99. The fourth-order valence-corrected chi connectivity index (χ4v) is 3.89. The van der Waals surface area contributed by atoms with Crippen molar-refractivity contribution in [3.8, 4) is 0 Å².